The second-order valence-corrected chi connectivity index (χ2v) is 6.98. The van der Waals surface area contributed by atoms with Gasteiger partial charge in [0.2, 0.25) is 0 Å². The highest BCUT2D eigenvalue weighted by molar-refractivity contribution is 7.20. The van der Waals surface area contributed by atoms with Crippen molar-refractivity contribution in [2.75, 3.05) is 0 Å². The van der Waals surface area contributed by atoms with Gasteiger partial charge in [0.1, 0.15) is 0 Å². The Morgan fingerprint density at radius 1 is 1.20 bits per heavy atom. The number of aromatic nitrogens is 2. The van der Waals surface area contributed by atoms with Crippen molar-refractivity contribution in [1.29, 1.82) is 0 Å². The number of imidazole rings is 1. The van der Waals surface area contributed by atoms with Gasteiger partial charge in [0, 0.05) is 18.2 Å². The summed E-state index contributed by atoms with van der Waals surface area (Å²) in [7, 11) is 0. The Balaban J connectivity index is 2.17. The standard InChI is InChI=1S/C16H19N3S/c1-16(2,3)14-12(9-17)19-10-13(20-15(19)18-14)11-7-5-4-6-8-11/h4-8,10H,9,17H2,1-3H3. The Hall–Kier alpha value is -1.65. The van der Waals surface area contributed by atoms with E-state index < -0.39 is 0 Å². The van der Waals surface area contributed by atoms with Gasteiger partial charge in [0.05, 0.1) is 16.3 Å². The molecule has 2 heterocycles. The lowest BCUT2D eigenvalue weighted by molar-refractivity contribution is 0.564. The van der Waals surface area contributed by atoms with Crippen molar-refractivity contribution in [2.24, 2.45) is 5.73 Å². The number of rotatable bonds is 2. The summed E-state index contributed by atoms with van der Waals surface area (Å²) < 4.78 is 2.15. The summed E-state index contributed by atoms with van der Waals surface area (Å²) in [6.07, 6.45) is 2.15. The van der Waals surface area contributed by atoms with Gasteiger partial charge in [0.25, 0.3) is 0 Å². The molecule has 4 heteroatoms. The van der Waals surface area contributed by atoms with Crippen LogP contribution in [0.15, 0.2) is 36.5 Å². The van der Waals surface area contributed by atoms with Crippen molar-refractivity contribution in [3.63, 3.8) is 0 Å². The molecule has 20 heavy (non-hydrogen) atoms. The van der Waals surface area contributed by atoms with Gasteiger partial charge in [-0.05, 0) is 5.56 Å². The van der Waals surface area contributed by atoms with Crippen LogP contribution in [0.2, 0.25) is 0 Å². The van der Waals surface area contributed by atoms with E-state index in [-0.39, 0.29) is 5.41 Å². The SMILES string of the molecule is CC(C)(C)c1nc2sc(-c3ccccc3)cn2c1CN. The van der Waals surface area contributed by atoms with Crippen LogP contribution in [0.25, 0.3) is 15.4 Å². The van der Waals surface area contributed by atoms with Crippen LogP contribution in [0.4, 0.5) is 0 Å². The molecule has 1 aromatic carbocycles. The van der Waals surface area contributed by atoms with Crippen LogP contribution in [0.5, 0.6) is 0 Å². The van der Waals surface area contributed by atoms with Crippen LogP contribution in [-0.4, -0.2) is 9.38 Å². The number of hydrogen-bond acceptors (Lipinski definition) is 3. The first-order valence-corrected chi connectivity index (χ1v) is 7.59. The first-order chi connectivity index (χ1) is 9.50. The molecule has 0 radical (unpaired) electrons. The fourth-order valence-electron chi connectivity index (χ4n) is 2.42. The van der Waals surface area contributed by atoms with E-state index in [0.717, 1.165) is 16.3 Å². The van der Waals surface area contributed by atoms with Crippen molar-refractivity contribution in [1.82, 2.24) is 9.38 Å². The molecule has 3 nitrogen and oxygen atoms in total. The molecule has 0 spiro atoms. The Kier molecular flexibility index (Phi) is 3.15. The zero-order valence-electron chi connectivity index (χ0n) is 12.1. The van der Waals surface area contributed by atoms with Crippen LogP contribution in [0, 0.1) is 0 Å². The van der Waals surface area contributed by atoms with Crippen LogP contribution in [0.1, 0.15) is 32.2 Å². The molecule has 3 aromatic rings. The number of fused-ring (bicyclic) bond motifs is 1. The smallest absolute Gasteiger partial charge is 0.194 e. The Bertz CT molecular complexity index is 732. The molecule has 0 atom stereocenters. The molecule has 3 rings (SSSR count). The molecule has 104 valence electrons. The summed E-state index contributed by atoms with van der Waals surface area (Å²) in [5.74, 6) is 0. The lowest BCUT2D eigenvalue weighted by Crippen LogP contribution is -2.16. The average Bonchev–Trinajstić information content (AvgIpc) is 2.95. The van der Waals surface area contributed by atoms with Gasteiger partial charge < -0.3 is 5.73 Å². The van der Waals surface area contributed by atoms with E-state index in [4.69, 9.17) is 10.7 Å². The summed E-state index contributed by atoms with van der Waals surface area (Å²) in [4.78, 5) is 7.05. The van der Waals surface area contributed by atoms with Gasteiger partial charge in [-0.1, -0.05) is 62.4 Å². The van der Waals surface area contributed by atoms with E-state index in [1.165, 1.54) is 10.4 Å². The topological polar surface area (TPSA) is 43.3 Å². The van der Waals surface area contributed by atoms with Crippen molar-refractivity contribution in [3.8, 4) is 10.4 Å². The number of nitrogens with zero attached hydrogens (tertiary/aromatic N) is 2. The van der Waals surface area contributed by atoms with Gasteiger partial charge in [-0.25, -0.2) is 4.98 Å². The first kappa shape index (κ1) is 13.3. The van der Waals surface area contributed by atoms with Crippen LogP contribution in [-0.2, 0) is 12.0 Å². The second kappa shape index (κ2) is 4.72. The van der Waals surface area contributed by atoms with Gasteiger partial charge in [-0.15, -0.1) is 0 Å². The van der Waals surface area contributed by atoms with Crippen molar-refractivity contribution >= 4 is 16.3 Å². The number of thiazole rings is 1. The second-order valence-electron chi connectivity index (χ2n) is 5.98. The first-order valence-electron chi connectivity index (χ1n) is 6.77. The van der Waals surface area contributed by atoms with Crippen molar-refractivity contribution < 1.29 is 0 Å². The summed E-state index contributed by atoms with van der Waals surface area (Å²) in [5, 5.41) is 0. The molecule has 0 saturated carbocycles. The van der Waals surface area contributed by atoms with E-state index in [2.05, 4.69) is 55.6 Å². The third-order valence-electron chi connectivity index (χ3n) is 3.39. The van der Waals surface area contributed by atoms with E-state index in [1.807, 2.05) is 6.07 Å². The number of benzene rings is 1. The lowest BCUT2D eigenvalue weighted by atomic mass is 9.91. The molecule has 0 bridgehead atoms. The zero-order chi connectivity index (χ0) is 14.3. The van der Waals surface area contributed by atoms with E-state index in [1.54, 1.807) is 11.3 Å². The summed E-state index contributed by atoms with van der Waals surface area (Å²) in [6.45, 7) is 7.04. The maximum absolute atomic E-state index is 5.95. The molecule has 2 aromatic heterocycles. The van der Waals surface area contributed by atoms with Crippen LogP contribution in [0.3, 0.4) is 0 Å². The molecule has 0 aliphatic rings. The molecule has 0 aliphatic carbocycles. The predicted molar refractivity (Wildman–Crippen MR) is 85.1 cm³/mol. The minimum Gasteiger partial charge on any atom is -0.325 e. The zero-order valence-corrected chi connectivity index (χ0v) is 12.9. The predicted octanol–water partition coefficient (Wildman–Crippen LogP) is 3.82. The summed E-state index contributed by atoms with van der Waals surface area (Å²) >= 11 is 1.71. The maximum Gasteiger partial charge on any atom is 0.194 e. The lowest BCUT2D eigenvalue weighted by Gasteiger charge is -2.17. The third-order valence-corrected chi connectivity index (χ3v) is 4.42. The molecule has 0 fully saturated rings. The van der Waals surface area contributed by atoms with Crippen molar-refractivity contribution in [3.05, 3.63) is 47.9 Å². The molecule has 0 amide bonds. The van der Waals surface area contributed by atoms with Gasteiger partial charge in [-0.2, -0.15) is 0 Å². The normalized spacial score (nSPS) is 12.2. The van der Waals surface area contributed by atoms with Gasteiger partial charge in [0.15, 0.2) is 4.96 Å². The largest absolute Gasteiger partial charge is 0.325 e. The Morgan fingerprint density at radius 3 is 2.50 bits per heavy atom. The van der Waals surface area contributed by atoms with E-state index in [0.29, 0.717) is 6.54 Å². The summed E-state index contributed by atoms with van der Waals surface area (Å²) in [5.41, 5.74) is 9.42. The maximum atomic E-state index is 5.95. The Morgan fingerprint density at radius 2 is 1.90 bits per heavy atom. The minimum atomic E-state index is 0.0212. The molecule has 0 unspecified atom stereocenters. The van der Waals surface area contributed by atoms with Crippen molar-refractivity contribution in [2.45, 2.75) is 32.7 Å². The average molecular weight is 285 g/mol. The minimum absolute atomic E-state index is 0.0212. The van der Waals surface area contributed by atoms with Gasteiger partial charge in [-0.3, -0.25) is 4.40 Å². The highest BCUT2D eigenvalue weighted by Gasteiger charge is 2.24. The van der Waals surface area contributed by atoms with E-state index >= 15 is 0 Å². The molecule has 0 aliphatic heterocycles. The fraction of sp³-hybridized carbons (Fsp3) is 0.312. The molecular formula is C16H19N3S. The van der Waals surface area contributed by atoms with Gasteiger partial charge >= 0.3 is 0 Å². The number of hydrogen-bond donors (Lipinski definition) is 1. The number of nitrogens with two attached hydrogens (primary N) is 1. The van der Waals surface area contributed by atoms with E-state index in [9.17, 15) is 0 Å². The van der Waals surface area contributed by atoms with Crippen LogP contribution < -0.4 is 5.73 Å². The quantitative estimate of drug-likeness (QED) is 0.778. The monoisotopic (exact) mass is 285 g/mol. The molecular weight excluding hydrogens is 266 g/mol. The summed E-state index contributed by atoms with van der Waals surface area (Å²) in [6, 6.07) is 10.4. The Labute approximate surface area is 123 Å². The molecule has 2 N–H and O–H groups in total. The fourth-order valence-corrected chi connectivity index (χ4v) is 3.43. The molecule has 0 saturated heterocycles. The highest BCUT2D eigenvalue weighted by Crippen LogP contribution is 2.33. The highest BCUT2D eigenvalue weighted by atomic mass is 32.1. The van der Waals surface area contributed by atoms with Crippen LogP contribution >= 0.6 is 11.3 Å². The third kappa shape index (κ3) is 2.15.